The lowest BCUT2D eigenvalue weighted by Crippen LogP contribution is -2.43. The lowest BCUT2D eigenvalue weighted by molar-refractivity contribution is 0.590. The summed E-state index contributed by atoms with van der Waals surface area (Å²) in [4.78, 5) is 2.62. The molecule has 29 heavy (non-hydrogen) atoms. The zero-order valence-corrected chi connectivity index (χ0v) is 18.2. The smallest absolute Gasteiger partial charge is 0.262 e. The molecule has 154 valence electrons. The summed E-state index contributed by atoms with van der Waals surface area (Å²) in [6.45, 7) is 7.60. The van der Waals surface area contributed by atoms with Crippen LogP contribution in [0.4, 0.5) is 11.4 Å². The van der Waals surface area contributed by atoms with Crippen LogP contribution in [0.15, 0.2) is 59.5 Å². The fourth-order valence-electron chi connectivity index (χ4n) is 3.80. The van der Waals surface area contributed by atoms with Gasteiger partial charge < -0.3 is 10.2 Å². The number of fused-ring (bicyclic) bond motifs is 1. The highest BCUT2D eigenvalue weighted by atomic mass is 35.5. The van der Waals surface area contributed by atoms with Gasteiger partial charge in [-0.15, -0.1) is 12.4 Å². The molecule has 0 unspecified atom stereocenters. The summed E-state index contributed by atoms with van der Waals surface area (Å²) in [5, 5.41) is 5.07. The number of sulfonamides is 1. The zero-order valence-electron chi connectivity index (χ0n) is 16.6. The Labute approximate surface area is 178 Å². The van der Waals surface area contributed by atoms with Crippen LogP contribution in [0.25, 0.3) is 10.8 Å². The van der Waals surface area contributed by atoms with Gasteiger partial charge in [0.2, 0.25) is 0 Å². The summed E-state index contributed by atoms with van der Waals surface area (Å²) in [5.74, 6) is 0. The third kappa shape index (κ3) is 4.34. The van der Waals surface area contributed by atoms with E-state index in [1.165, 1.54) is 0 Å². The molecule has 0 bridgehead atoms. The van der Waals surface area contributed by atoms with Gasteiger partial charge >= 0.3 is 0 Å². The molecule has 0 spiro atoms. The minimum absolute atomic E-state index is 0. The molecule has 0 aliphatic carbocycles. The number of benzene rings is 3. The predicted octanol–water partition coefficient (Wildman–Crippen LogP) is 4.09. The second-order valence-electron chi connectivity index (χ2n) is 7.29. The first kappa shape index (κ1) is 21.4. The van der Waals surface area contributed by atoms with Crippen molar-refractivity contribution < 1.29 is 8.42 Å². The molecule has 0 radical (unpaired) electrons. The number of halogens is 1. The molecule has 0 saturated carbocycles. The standard InChI is InChI=1S/C22H25N3O2S.ClH/c1-16-7-8-20(17(2)15-16)24-28(26,27)22-10-9-21(25-13-11-23-12-14-25)18-5-3-4-6-19(18)22;/h3-10,15,23-24H,11-14H2,1-2H3;1H. The average Bonchev–Trinajstić information content (AvgIpc) is 2.70. The summed E-state index contributed by atoms with van der Waals surface area (Å²) in [6.07, 6.45) is 0. The summed E-state index contributed by atoms with van der Waals surface area (Å²) in [6, 6.07) is 17.1. The number of anilines is 2. The molecule has 0 atom stereocenters. The van der Waals surface area contributed by atoms with Gasteiger partial charge in [0.25, 0.3) is 10.0 Å². The maximum atomic E-state index is 13.2. The van der Waals surface area contributed by atoms with Gasteiger partial charge in [-0.2, -0.15) is 0 Å². The van der Waals surface area contributed by atoms with Crippen molar-refractivity contribution in [1.29, 1.82) is 0 Å². The molecule has 1 aliphatic rings. The van der Waals surface area contributed by atoms with Crippen LogP contribution in [-0.2, 0) is 10.0 Å². The zero-order chi connectivity index (χ0) is 19.7. The molecule has 1 heterocycles. The normalized spacial score (nSPS) is 14.5. The Kier molecular flexibility index (Phi) is 6.36. The van der Waals surface area contributed by atoms with E-state index >= 15 is 0 Å². The molecule has 2 N–H and O–H groups in total. The number of nitrogens with zero attached hydrogens (tertiary/aromatic N) is 1. The Morgan fingerprint density at radius 1 is 0.931 bits per heavy atom. The van der Waals surface area contributed by atoms with E-state index < -0.39 is 10.0 Å². The van der Waals surface area contributed by atoms with E-state index in [0.717, 1.165) is 53.8 Å². The summed E-state index contributed by atoms with van der Waals surface area (Å²) in [7, 11) is -3.70. The minimum Gasteiger partial charge on any atom is -0.368 e. The Hall–Kier alpha value is -2.28. The van der Waals surface area contributed by atoms with Gasteiger partial charge in [-0.1, -0.05) is 42.0 Å². The highest BCUT2D eigenvalue weighted by Crippen LogP contribution is 2.33. The van der Waals surface area contributed by atoms with Crippen LogP contribution in [0.5, 0.6) is 0 Å². The first-order chi connectivity index (χ1) is 13.5. The van der Waals surface area contributed by atoms with Crippen LogP contribution in [0.1, 0.15) is 11.1 Å². The third-order valence-corrected chi connectivity index (χ3v) is 6.66. The van der Waals surface area contributed by atoms with Crippen LogP contribution in [0.3, 0.4) is 0 Å². The lowest BCUT2D eigenvalue weighted by Gasteiger charge is -2.30. The molecule has 3 aromatic rings. The van der Waals surface area contributed by atoms with Crippen molar-refractivity contribution in [3.8, 4) is 0 Å². The topological polar surface area (TPSA) is 61.4 Å². The Morgan fingerprint density at radius 3 is 2.31 bits per heavy atom. The monoisotopic (exact) mass is 431 g/mol. The fraction of sp³-hybridized carbons (Fsp3) is 0.273. The van der Waals surface area contributed by atoms with E-state index in [2.05, 4.69) is 14.9 Å². The summed E-state index contributed by atoms with van der Waals surface area (Å²) >= 11 is 0. The number of piperazine rings is 1. The van der Waals surface area contributed by atoms with Crippen molar-refractivity contribution in [3.05, 3.63) is 65.7 Å². The maximum Gasteiger partial charge on any atom is 0.262 e. The van der Waals surface area contributed by atoms with Gasteiger partial charge in [0.05, 0.1) is 10.6 Å². The maximum absolute atomic E-state index is 13.2. The van der Waals surface area contributed by atoms with Crippen molar-refractivity contribution in [1.82, 2.24) is 5.32 Å². The largest absolute Gasteiger partial charge is 0.368 e. The van der Waals surface area contributed by atoms with Crippen LogP contribution < -0.4 is 14.9 Å². The molecule has 1 fully saturated rings. The quantitative estimate of drug-likeness (QED) is 0.653. The first-order valence-electron chi connectivity index (χ1n) is 9.53. The predicted molar refractivity (Wildman–Crippen MR) is 123 cm³/mol. The molecule has 4 rings (SSSR count). The molecule has 0 amide bonds. The lowest BCUT2D eigenvalue weighted by atomic mass is 10.1. The molecule has 3 aromatic carbocycles. The van der Waals surface area contributed by atoms with Gasteiger partial charge in [0.15, 0.2) is 0 Å². The molecule has 1 aliphatic heterocycles. The first-order valence-corrected chi connectivity index (χ1v) is 11.0. The van der Waals surface area contributed by atoms with Gasteiger partial charge in [-0.3, -0.25) is 4.72 Å². The van der Waals surface area contributed by atoms with Crippen molar-refractivity contribution in [2.75, 3.05) is 35.8 Å². The van der Waals surface area contributed by atoms with E-state index in [1.807, 2.05) is 62.4 Å². The molecule has 1 saturated heterocycles. The SMILES string of the molecule is Cc1ccc(NS(=O)(=O)c2ccc(N3CCNCC3)c3ccccc23)c(C)c1.Cl. The van der Waals surface area contributed by atoms with Crippen molar-refractivity contribution in [2.24, 2.45) is 0 Å². The number of aryl methyl sites for hydroxylation is 2. The van der Waals surface area contributed by atoms with Crippen LogP contribution in [0.2, 0.25) is 0 Å². The molecule has 0 aromatic heterocycles. The number of hydrogen-bond donors (Lipinski definition) is 2. The minimum atomic E-state index is -3.70. The highest BCUT2D eigenvalue weighted by molar-refractivity contribution is 7.93. The molecular weight excluding hydrogens is 406 g/mol. The van der Waals surface area contributed by atoms with Crippen molar-refractivity contribution >= 4 is 44.6 Å². The van der Waals surface area contributed by atoms with Crippen LogP contribution in [0, 0.1) is 13.8 Å². The van der Waals surface area contributed by atoms with Crippen LogP contribution in [-0.4, -0.2) is 34.6 Å². The second-order valence-corrected chi connectivity index (χ2v) is 8.94. The van der Waals surface area contributed by atoms with E-state index in [1.54, 1.807) is 6.07 Å². The Balaban J connectivity index is 0.00000240. The summed E-state index contributed by atoms with van der Waals surface area (Å²) in [5.41, 5.74) is 3.71. The summed E-state index contributed by atoms with van der Waals surface area (Å²) < 4.78 is 29.2. The Bertz CT molecular complexity index is 1130. The Morgan fingerprint density at radius 2 is 1.62 bits per heavy atom. The van der Waals surface area contributed by atoms with Crippen LogP contribution >= 0.6 is 12.4 Å². The molecule has 5 nitrogen and oxygen atoms in total. The number of hydrogen-bond acceptors (Lipinski definition) is 4. The van der Waals surface area contributed by atoms with Gasteiger partial charge in [0, 0.05) is 42.6 Å². The molecular formula is C22H26ClN3O2S. The highest BCUT2D eigenvalue weighted by Gasteiger charge is 2.21. The average molecular weight is 432 g/mol. The van der Waals surface area contributed by atoms with E-state index in [9.17, 15) is 8.42 Å². The van der Waals surface area contributed by atoms with Gasteiger partial charge in [0.1, 0.15) is 0 Å². The van der Waals surface area contributed by atoms with E-state index in [0.29, 0.717) is 10.6 Å². The number of rotatable bonds is 4. The third-order valence-electron chi connectivity index (χ3n) is 5.23. The van der Waals surface area contributed by atoms with Crippen molar-refractivity contribution in [2.45, 2.75) is 18.7 Å². The second kappa shape index (κ2) is 8.61. The van der Waals surface area contributed by atoms with Crippen molar-refractivity contribution in [3.63, 3.8) is 0 Å². The van der Waals surface area contributed by atoms with Gasteiger partial charge in [-0.05, 0) is 37.6 Å². The fourth-order valence-corrected chi connectivity index (χ4v) is 5.14. The number of nitrogens with one attached hydrogen (secondary N) is 2. The van der Waals surface area contributed by atoms with E-state index in [-0.39, 0.29) is 12.4 Å². The van der Waals surface area contributed by atoms with Gasteiger partial charge in [-0.25, -0.2) is 8.42 Å². The molecule has 7 heteroatoms. The van der Waals surface area contributed by atoms with E-state index in [4.69, 9.17) is 0 Å².